The number of aromatic nitrogens is 2. The van der Waals surface area contributed by atoms with Crippen molar-refractivity contribution in [1.82, 2.24) is 15.3 Å². The third-order valence-electron chi connectivity index (χ3n) is 4.71. The number of nitrogens with one attached hydrogen (secondary N) is 1. The van der Waals surface area contributed by atoms with Gasteiger partial charge in [-0.05, 0) is 43.9 Å². The van der Waals surface area contributed by atoms with E-state index in [2.05, 4.69) is 15.3 Å². The quantitative estimate of drug-likeness (QED) is 0.551. The van der Waals surface area contributed by atoms with E-state index >= 15 is 0 Å². The highest BCUT2D eigenvalue weighted by molar-refractivity contribution is 7.99. The maximum Gasteiger partial charge on any atom is 0.349 e. The first kappa shape index (κ1) is 17.7. The zero-order valence-electron chi connectivity index (χ0n) is 14.6. The van der Waals surface area contributed by atoms with Gasteiger partial charge in [0.15, 0.2) is 5.16 Å². The van der Waals surface area contributed by atoms with Crippen LogP contribution in [0.25, 0.3) is 11.0 Å². The maximum absolute atomic E-state index is 12.6. The van der Waals surface area contributed by atoms with Crippen molar-refractivity contribution in [1.29, 1.82) is 0 Å². The molecule has 1 aliphatic carbocycles. The Kier molecular flexibility index (Phi) is 5.20. The highest BCUT2D eigenvalue weighted by Crippen LogP contribution is 2.31. The lowest BCUT2D eigenvalue weighted by molar-refractivity contribution is 0.0924. The van der Waals surface area contributed by atoms with E-state index in [0.717, 1.165) is 36.2 Å². The number of hydrogen-bond acceptors (Lipinski definition) is 6. The molecule has 1 aliphatic rings. The van der Waals surface area contributed by atoms with Crippen molar-refractivity contribution in [2.45, 2.75) is 42.1 Å². The Balaban J connectivity index is 1.37. The van der Waals surface area contributed by atoms with Crippen molar-refractivity contribution >= 4 is 28.6 Å². The van der Waals surface area contributed by atoms with Crippen LogP contribution in [0.4, 0.5) is 0 Å². The second kappa shape index (κ2) is 7.92. The van der Waals surface area contributed by atoms with Crippen LogP contribution in [0.5, 0.6) is 0 Å². The predicted molar refractivity (Wildman–Crippen MR) is 104 cm³/mol. The lowest BCUT2D eigenvalue weighted by Crippen LogP contribution is -2.39. The van der Waals surface area contributed by atoms with Crippen LogP contribution in [-0.4, -0.2) is 27.2 Å². The van der Waals surface area contributed by atoms with Gasteiger partial charge in [-0.1, -0.05) is 30.0 Å². The monoisotopic (exact) mass is 381 g/mol. The van der Waals surface area contributed by atoms with Gasteiger partial charge in [0.2, 0.25) is 0 Å². The molecule has 0 atom stereocenters. The van der Waals surface area contributed by atoms with Crippen LogP contribution >= 0.6 is 11.8 Å². The average Bonchev–Trinajstić information content (AvgIpc) is 2.69. The van der Waals surface area contributed by atoms with Crippen LogP contribution in [0.2, 0.25) is 0 Å². The number of fused-ring (bicyclic) bond motifs is 1. The SMILES string of the molecule is O=C(NC1CCC(Sc2ncccn2)CC1)c1cc2ccccc2oc1=O. The molecule has 2 aromatic heterocycles. The van der Waals surface area contributed by atoms with E-state index in [1.807, 2.05) is 12.1 Å². The highest BCUT2D eigenvalue weighted by atomic mass is 32.2. The largest absolute Gasteiger partial charge is 0.422 e. The molecular weight excluding hydrogens is 362 g/mol. The maximum atomic E-state index is 12.6. The Bertz CT molecular complexity index is 998. The van der Waals surface area contributed by atoms with Gasteiger partial charge >= 0.3 is 5.63 Å². The molecule has 3 aromatic rings. The second-order valence-electron chi connectivity index (χ2n) is 6.58. The summed E-state index contributed by atoms with van der Waals surface area (Å²) in [5.74, 6) is -0.364. The van der Waals surface area contributed by atoms with Crippen molar-refractivity contribution in [3.8, 4) is 0 Å². The van der Waals surface area contributed by atoms with Gasteiger partial charge in [0.05, 0.1) is 0 Å². The molecule has 2 heterocycles. The van der Waals surface area contributed by atoms with E-state index in [-0.39, 0.29) is 17.5 Å². The van der Waals surface area contributed by atoms with Gasteiger partial charge in [0, 0.05) is 29.1 Å². The molecule has 1 aromatic carbocycles. The lowest BCUT2D eigenvalue weighted by Gasteiger charge is -2.28. The van der Waals surface area contributed by atoms with E-state index in [9.17, 15) is 9.59 Å². The molecule has 0 saturated heterocycles. The van der Waals surface area contributed by atoms with Crippen molar-refractivity contribution in [3.05, 3.63) is 64.8 Å². The predicted octanol–water partition coefficient (Wildman–Crippen LogP) is 3.42. The van der Waals surface area contributed by atoms with Crippen molar-refractivity contribution in [3.63, 3.8) is 0 Å². The topological polar surface area (TPSA) is 85.1 Å². The summed E-state index contributed by atoms with van der Waals surface area (Å²) >= 11 is 1.69. The molecule has 0 aliphatic heterocycles. The summed E-state index contributed by atoms with van der Waals surface area (Å²) < 4.78 is 5.25. The van der Waals surface area contributed by atoms with E-state index in [1.54, 1.807) is 48.4 Å². The van der Waals surface area contributed by atoms with Gasteiger partial charge in [-0.3, -0.25) is 4.79 Å². The number of nitrogens with zero attached hydrogens (tertiary/aromatic N) is 2. The van der Waals surface area contributed by atoms with E-state index in [0.29, 0.717) is 10.8 Å². The van der Waals surface area contributed by atoms with Gasteiger partial charge in [-0.15, -0.1) is 0 Å². The summed E-state index contributed by atoms with van der Waals surface area (Å²) in [6.07, 6.45) is 7.18. The Morgan fingerprint density at radius 2 is 1.81 bits per heavy atom. The minimum absolute atomic E-state index is 0.0582. The Hall–Kier alpha value is -2.67. The van der Waals surface area contributed by atoms with Crippen LogP contribution in [0, 0.1) is 0 Å². The fourth-order valence-electron chi connectivity index (χ4n) is 3.30. The summed E-state index contributed by atoms with van der Waals surface area (Å²) in [6.45, 7) is 0. The smallest absolute Gasteiger partial charge is 0.349 e. The van der Waals surface area contributed by atoms with Gasteiger partial charge in [0.1, 0.15) is 11.1 Å². The van der Waals surface area contributed by atoms with Crippen molar-refractivity contribution < 1.29 is 9.21 Å². The first-order valence-corrected chi connectivity index (χ1v) is 9.84. The number of carbonyl (C=O) groups is 1. The molecule has 6 nitrogen and oxygen atoms in total. The number of rotatable bonds is 4. The highest BCUT2D eigenvalue weighted by Gasteiger charge is 2.25. The van der Waals surface area contributed by atoms with E-state index in [4.69, 9.17) is 4.42 Å². The lowest BCUT2D eigenvalue weighted by atomic mass is 9.95. The fraction of sp³-hybridized carbons (Fsp3) is 0.300. The normalized spacial score (nSPS) is 19.7. The number of benzene rings is 1. The van der Waals surface area contributed by atoms with E-state index in [1.165, 1.54) is 0 Å². The molecule has 138 valence electrons. The van der Waals surface area contributed by atoms with Gasteiger partial charge < -0.3 is 9.73 Å². The van der Waals surface area contributed by atoms with Crippen molar-refractivity contribution in [2.24, 2.45) is 0 Å². The first-order chi connectivity index (χ1) is 13.2. The summed E-state index contributed by atoms with van der Waals surface area (Å²) in [5, 5.41) is 4.97. The number of amides is 1. The van der Waals surface area contributed by atoms with Crippen LogP contribution in [-0.2, 0) is 0 Å². The molecule has 0 bridgehead atoms. The standard InChI is InChI=1S/C20H19N3O3S/c24-18(16-12-13-4-1-2-5-17(13)26-19(16)25)23-14-6-8-15(9-7-14)27-20-21-10-3-11-22-20/h1-5,10-12,14-15H,6-9H2,(H,23,24). The fourth-order valence-corrected chi connectivity index (χ4v) is 4.35. The second-order valence-corrected chi connectivity index (χ2v) is 7.85. The Morgan fingerprint density at radius 3 is 2.59 bits per heavy atom. The average molecular weight is 381 g/mol. The summed E-state index contributed by atoms with van der Waals surface area (Å²) in [4.78, 5) is 33.2. The molecule has 0 unspecified atom stereocenters. The Morgan fingerprint density at radius 1 is 1.07 bits per heavy atom. The third-order valence-corrected chi connectivity index (χ3v) is 5.94. The number of hydrogen-bond donors (Lipinski definition) is 1. The molecule has 0 spiro atoms. The van der Waals surface area contributed by atoms with Gasteiger partial charge in [-0.25, -0.2) is 14.8 Å². The summed E-state index contributed by atoms with van der Waals surface area (Å²) in [6, 6.07) is 10.7. The van der Waals surface area contributed by atoms with Gasteiger partial charge in [-0.2, -0.15) is 0 Å². The van der Waals surface area contributed by atoms with Crippen LogP contribution in [0.1, 0.15) is 36.0 Å². The molecule has 4 rings (SSSR count). The van der Waals surface area contributed by atoms with Crippen molar-refractivity contribution in [2.75, 3.05) is 0 Å². The van der Waals surface area contributed by atoms with Crippen LogP contribution in [0.15, 0.2) is 63.2 Å². The molecule has 0 radical (unpaired) electrons. The zero-order valence-corrected chi connectivity index (χ0v) is 15.4. The molecular formula is C20H19N3O3S. The summed E-state index contributed by atoms with van der Waals surface area (Å²) in [7, 11) is 0. The number of carbonyl (C=O) groups excluding carboxylic acids is 1. The van der Waals surface area contributed by atoms with Gasteiger partial charge in [0.25, 0.3) is 5.91 Å². The molecule has 27 heavy (non-hydrogen) atoms. The van der Waals surface area contributed by atoms with Crippen LogP contribution < -0.4 is 10.9 Å². The summed E-state index contributed by atoms with van der Waals surface area (Å²) in [5.41, 5.74) is -0.0562. The third kappa shape index (κ3) is 4.19. The Labute approximate surface area is 160 Å². The molecule has 1 fully saturated rings. The molecule has 1 saturated carbocycles. The minimum atomic E-state index is -0.600. The first-order valence-electron chi connectivity index (χ1n) is 8.96. The molecule has 1 N–H and O–H groups in total. The van der Waals surface area contributed by atoms with E-state index < -0.39 is 5.63 Å². The minimum Gasteiger partial charge on any atom is -0.422 e. The number of para-hydroxylation sites is 1. The molecule has 1 amide bonds. The number of thioether (sulfide) groups is 1. The molecule has 7 heteroatoms. The van der Waals surface area contributed by atoms with Crippen LogP contribution in [0.3, 0.4) is 0 Å². The zero-order chi connectivity index (χ0) is 18.6.